The van der Waals surface area contributed by atoms with Crippen molar-refractivity contribution in [1.29, 1.82) is 0 Å². The van der Waals surface area contributed by atoms with Crippen LogP contribution in [0.4, 0.5) is 0 Å². The number of aromatic nitrogens is 4. The highest BCUT2D eigenvalue weighted by molar-refractivity contribution is 5.46. The maximum Gasteiger partial charge on any atom is 0.243 e. The molecule has 2 rings (SSSR count). The third kappa shape index (κ3) is 2.85. The van der Waals surface area contributed by atoms with Gasteiger partial charge in [-0.25, -0.2) is 9.97 Å². The molecule has 0 spiro atoms. The largest absolute Gasteiger partial charge is 0.337 e. The second-order valence-corrected chi connectivity index (χ2v) is 4.29. The van der Waals surface area contributed by atoms with Gasteiger partial charge in [-0.3, -0.25) is 0 Å². The van der Waals surface area contributed by atoms with Gasteiger partial charge in [0.05, 0.1) is 6.04 Å². The highest BCUT2D eigenvalue weighted by Gasteiger charge is 2.17. The fourth-order valence-electron chi connectivity index (χ4n) is 1.52. The first kappa shape index (κ1) is 11.7. The number of nitrogens with zero attached hydrogens (tertiary/aromatic N) is 4. The minimum atomic E-state index is -0.224. The molecule has 0 aliphatic heterocycles. The third-order valence-corrected chi connectivity index (χ3v) is 2.30. The van der Waals surface area contributed by atoms with Crippen molar-refractivity contribution < 1.29 is 4.52 Å². The summed E-state index contributed by atoms with van der Waals surface area (Å²) in [7, 11) is 0. The zero-order valence-electron chi connectivity index (χ0n) is 9.87. The molecule has 17 heavy (non-hydrogen) atoms. The van der Waals surface area contributed by atoms with E-state index in [0.29, 0.717) is 23.3 Å². The molecule has 2 aromatic heterocycles. The van der Waals surface area contributed by atoms with E-state index in [2.05, 4.69) is 34.0 Å². The molecule has 0 amide bonds. The quantitative estimate of drug-likeness (QED) is 0.861. The number of nitrogens with two attached hydrogens (primary N) is 1. The summed E-state index contributed by atoms with van der Waals surface area (Å²) in [6.07, 6.45) is 3.89. The molecule has 0 saturated carbocycles. The lowest BCUT2D eigenvalue weighted by atomic mass is 10.0. The fourth-order valence-corrected chi connectivity index (χ4v) is 1.52. The maximum absolute atomic E-state index is 5.96. The predicted octanol–water partition coefficient (Wildman–Crippen LogP) is 1.57. The van der Waals surface area contributed by atoms with E-state index in [1.165, 1.54) is 6.33 Å². The van der Waals surface area contributed by atoms with E-state index in [1.54, 1.807) is 12.3 Å². The van der Waals surface area contributed by atoms with Crippen LogP contribution in [0.1, 0.15) is 32.2 Å². The van der Waals surface area contributed by atoms with Crippen LogP contribution in [0.25, 0.3) is 11.5 Å². The van der Waals surface area contributed by atoms with Crippen molar-refractivity contribution in [2.75, 3.05) is 0 Å². The molecule has 0 unspecified atom stereocenters. The molecule has 0 saturated heterocycles. The maximum atomic E-state index is 5.96. The van der Waals surface area contributed by atoms with Gasteiger partial charge in [0.25, 0.3) is 0 Å². The van der Waals surface area contributed by atoms with E-state index >= 15 is 0 Å². The molecule has 2 N–H and O–H groups in total. The zero-order chi connectivity index (χ0) is 12.3. The van der Waals surface area contributed by atoms with Gasteiger partial charge in [0, 0.05) is 6.20 Å². The van der Waals surface area contributed by atoms with Crippen LogP contribution in [0.5, 0.6) is 0 Å². The Morgan fingerprint density at radius 3 is 2.88 bits per heavy atom. The normalized spacial score (nSPS) is 12.9. The van der Waals surface area contributed by atoms with Crippen molar-refractivity contribution in [3.63, 3.8) is 0 Å². The van der Waals surface area contributed by atoms with Crippen LogP contribution in [-0.2, 0) is 0 Å². The van der Waals surface area contributed by atoms with Crippen molar-refractivity contribution in [2.45, 2.75) is 26.3 Å². The van der Waals surface area contributed by atoms with Gasteiger partial charge in [0.1, 0.15) is 12.0 Å². The summed E-state index contributed by atoms with van der Waals surface area (Å²) in [6.45, 7) is 4.20. The topological polar surface area (TPSA) is 90.7 Å². The number of hydrogen-bond acceptors (Lipinski definition) is 6. The Morgan fingerprint density at radius 2 is 2.24 bits per heavy atom. The molecule has 90 valence electrons. The molecular weight excluding hydrogens is 218 g/mol. The smallest absolute Gasteiger partial charge is 0.243 e. The average Bonchev–Trinajstić information content (AvgIpc) is 2.78. The van der Waals surface area contributed by atoms with E-state index in [-0.39, 0.29) is 6.04 Å². The lowest BCUT2D eigenvalue weighted by molar-refractivity contribution is 0.335. The molecule has 0 aromatic carbocycles. The van der Waals surface area contributed by atoms with Gasteiger partial charge in [-0.15, -0.1) is 0 Å². The molecule has 1 atom stereocenters. The fraction of sp³-hybridized carbons (Fsp3) is 0.455. The summed E-state index contributed by atoms with van der Waals surface area (Å²) in [5, 5.41) is 3.86. The summed E-state index contributed by atoms with van der Waals surface area (Å²) < 4.78 is 5.14. The van der Waals surface area contributed by atoms with Crippen molar-refractivity contribution in [3.05, 3.63) is 24.5 Å². The molecule has 2 aromatic rings. The van der Waals surface area contributed by atoms with E-state index in [9.17, 15) is 0 Å². The standard InChI is InChI=1S/C11H15N5O/c1-7(2)5-8(12)11-15-10(16-17-11)9-3-4-13-6-14-9/h3-4,6-8H,5,12H2,1-2H3/t8-/m0/s1. The van der Waals surface area contributed by atoms with Crippen LogP contribution in [0.2, 0.25) is 0 Å². The Morgan fingerprint density at radius 1 is 1.41 bits per heavy atom. The Kier molecular flexibility index (Phi) is 3.43. The summed E-state index contributed by atoms with van der Waals surface area (Å²) in [6, 6.07) is 1.50. The number of rotatable bonds is 4. The Balaban J connectivity index is 2.16. The molecular formula is C11H15N5O. The van der Waals surface area contributed by atoms with Crippen LogP contribution >= 0.6 is 0 Å². The molecule has 2 heterocycles. The van der Waals surface area contributed by atoms with E-state index < -0.39 is 0 Å². The van der Waals surface area contributed by atoms with Gasteiger partial charge >= 0.3 is 0 Å². The predicted molar refractivity (Wildman–Crippen MR) is 61.7 cm³/mol. The summed E-state index contributed by atoms with van der Waals surface area (Å²) in [4.78, 5) is 12.1. The van der Waals surface area contributed by atoms with E-state index in [0.717, 1.165) is 6.42 Å². The van der Waals surface area contributed by atoms with E-state index in [4.69, 9.17) is 10.3 Å². The van der Waals surface area contributed by atoms with Crippen LogP contribution < -0.4 is 5.73 Å². The van der Waals surface area contributed by atoms with Crippen molar-refractivity contribution in [2.24, 2.45) is 11.7 Å². The van der Waals surface area contributed by atoms with Gasteiger partial charge in [-0.2, -0.15) is 4.98 Å². The Labute approximate surface area is 99.3 Å². The third-order valence-electron chi connectivity index (χ3n) is 2.30. The Hall–Kier alpha value is -1.82. The van der Waals surface area contributed by atoms with Gasteiger partial charge in [-0.1, -0.05) is 19.0 Å². The molecule has 0 aliphatic carbocycles. The molecule has 0 aliphatic rings. The monoisotopic (exact) mass is 233 g/mol. The second kappa shape index (κ2) is 5.01. The van der Waals surface area contributed by atoms with Gasteiger partial charge in [-0.05, 0) is 18.4 Å². The van der Waals surface area contributed by atoms with Crippen LogP contribution in [0, 0.1) is 5.92 Å². The SMILES string of the molecule is CC(C)C[C@H](N)c1nc(-c2ccncn2)no1. The molecule has 6 nitrogen and oxygen atoms in total. The Bertz CT molecular complexity index is 468. The van der Waals surface area contributed by atoms with Crippen molar-refractivity contribution in [3.8, 4) is 11.5 Å². The summed E-state index contributed by atoms with van der Waals surface area (Å²) >= 11 is 0. The second-order valence-electron chi connectivity index (χ2n) is 4.29. The van der Waals surface area contributed by atoms with Gasteiger partial charge in [0.2, 0.25) is 11.7 Å². The number of hydrogen-bond donors (Lipinski definition) is 1. The summed E-state index contributed by atoms with van der Waals surface area (Å²) in [5.74, 6) is 1.38. The first-order valence-corrected chi connectivity index (χ1v) is 5.52. The molecule has 0 bridgehead atoms. The van der Waals surface area contributed by atoms with Crippen LogP contribution in [0.15, 0.2) is 23.1 Å². The van der Waals surface area contributed by atoms with Gasteiger partial charge in [0.15, 0.2) is 0 Å². The first-order valence-electron chi connectivity index (χ1n) is 5.52. The van der Waals surface area contributed by atoms with Crippen LogP contribution in [-0.4, -0.2) is 20.1 Å². The lowest BCUT2D eigenvalue weighted by Crippen LogP contribution is -2.13. The highest BCUT2D eigenvalue weighted by atomic mass is 16.5. The molecule has 6 heteroatoms. The highest BCUT2D eigenvalue weighted by Crippen LogP contribution is 2.19. The molecule has 0 fully saturated rings. The molecule has 0 radical (unpaired) electrons. The average molecular weight is 233 g/mol. The van der Waals surface area contributed by atoms with Gasteiger partial charge < -0.3 is 10.3 Å². The minimum absolute atomic E-state index is 0.224. The van der Waals surface area contributed by atoms with Crippen molar-refractivity contribution in [1.82, 2.24) is 20.1 Å². The van der Waals surface area contributed by atoms with Crippen molar-refractivity contribution >= 4 is 0 Å². The first-order chi connectivity index (χ1) is 8.16. The zero-order valence-corrected chi connectivity index (χ0v) is 9.87. The van der Waals surface area contributed by atoms with Crippen LogP contribution in [0.3, 0.4) is 0 Å². The lowest BCUT2D eigenvalue weighted by Gasteiger charge is -2.08. The minimum Gasteiger partial charge on any atom is -0.337 e. The summed E-state index contributed by atoms with van der Waals surface area (Å²) in [5.41, 5.74) is 6.59. The van der Waals surface area contributed by atoms with E-state index in [1.807, 2.05) is 0 Å².